The highest BCUT2D eigenvalue weighted by Gasteiger charge is 2.46. The van der Waals surface area contributed by atoms with Crippen molar-refractivity contribution in [3.8, 4) is 0 Å². The van der Waals surface area contributed by atoms with E-state index in [4.69, 9.17) is 23.7 Å². The SMILES string of the molecule is OCC(COCc1ccccc1)C1=C[C@H]2[C@@H](C1)C[C@@H](OC1CCCCO1)[C@@H]2/C=C/[C@@H](OC1CCCCO1)C1CCCC1. The maximum Gasteiger partial charge on any atom is 0.158 e. The highest BCUT2D eigenvalue weighted by Crippen LogP contribution is 2.50. The average molecular weight is 581 g/mol. The highest BCUT2D eigenvalue weighted by atomic mass is 16.7. The number of aliphatic hydroxyl groups excluding tert-OH is 1. The van der Waals surface area contributed by atoms with Crippen LogP contribution in [0, 0.1) is 29.6 Å². The minimum absolute atomic E-state index is 0.0445. The third kappa shape index (κ3) is 7.94. The van der Waals surface area contributed by atoms with Gasteiger partial charge in [0, 0.05) is 25.0 Å². The zero-order chi connectivity index (χ0) is 28.6. The molecule has 8 atom stereocenters. The number of hydrogen-bond donors (Lipinski definition) is 1. The topological polar surface area (TPSA) is 66.4 Å². The Morgan fingerprint density at radius 2 is 1.64 bits per heavy atom. The van der Waals surface area contributed by atoms with Crippen molar-refractivity contribution in [2.24, 2.45) is 29.6 Å². The molecule has 2 saturated carbocycles. The maximum atomic E-state index is 10.3. The number of allylic oxidation sites excluding steroid dienone is 1. The van der Waals surface area contributed by atoms with Gasteiger partial charge in [0.25, 0.3) is 0 Å². The molecule has 1 N–H and O–H groups in total. The smallest absolute Gasteiger partial charge is 0.158 e. The number of aliphatic hydroxyl groups is 1. The fourth-order valence-electron chi connectivity index (χ4n) is 7.98. The van der Waals surface area contributed by atoms with Gasteiger partial charge in [0.05, 0.1) is 32.0 Å². The van der Waals surface area contributed by atoms with E-state index in [0.717, 1.165) is 51.7 Å². The van der Waals surface area contributed by atoms with Gasteiger partial charge in [-0.1, -0.05) is 67.0 Å². The Morgan fingerprint density at radius 1 is 0.905 bits per heavy atom. The second-order valence-electron chi connectivity index (χ2n) is 13.3. The predicted octanol–water partition coefficient (Wildman–Crippen LogP) is 6.96. The quantitative estimate of drug-likeness (QED) is 0.254. The minimum atomic E-state index is -0.0870. The summed E-state index contributed by atoms with van der Waals surface area (Å²) in [5.74, 6) is 1.83. The van der Waals surface area contributed by atoms with Crippen LogP contribution in [-0.4, -0.2) is 56.3 Å². The van der Waals surface area contributed by atoms with Crippen LogP contribution < -0.4 is 0 Å². The minimum Gasteiger partial charge on any atom is -0.396 e. The lowest BCUT2D eigenvalue weighted by Crippen LogP contribution is -2.32. The van der Waals surface area contributed by atoms with Gasteiger partial charge in [-0.05, 0) is 87.5 Å². The fourth-order valence-corrected chi connectivity index (χ4v) is 7.98. The van der Waals surface area contributed by atoms with Crippen LogP contribution in [0.1, 0.15) is 82.6 Å². The lowest BCUT2D eigenvalue weighted by atomic mass is 9.90. The van der Waals surface area contributed by atoms with Crippen LogP contribution in [0.4, 0.5) is 0 Å². The molecule has 3 unspecified atom stereocenters. The Kier molecular flexibility index (Phi) is 11.2. The number of rotatable bonds is 13. The molecule has 0 bridgehead atoms. The Bertz CT molecular complexity index is 991. The first kappa shape index (κ1) is 30.5. The van der Waals surface area contributed by atoms with E-state index in [1.165, 1.54) is 49.7 Å². The molecule has 2 saturated heterocycles. The molecule has 4 fully saturated rings. The molecule has 6 heteroatoms. The average Bonchev–Trinajstić information content (AvgIpc) is 3.77. The van der Waals surface area contributed by atoms with Crippen molar-refractivity contribution < 1.29 is 28.8 Å². The van der Waals surface area contributed by atoms with Gasteiger partial charge in [-0.15, -0.1) is 0 Å². The zero-order valence-corrected chi connectivity index (χ0v) is 25.3. The van der Waals surface area contributed by atoms with Crippen LogP contribution in [0.5, 0.6) is 0 Å². The van der Waals surface area contributed by atoms with Crippen molar-refractivity contribution in [3.63, 3.8) is 0 Å². The highest BCUT2D eigenvalue weighted by molar-refractivity contribution is 5.24. The van der Waals surface area contributed by atoms with Gasteiger partial charge < -0.3 is 28.8 Å². The van der Waals surface area contributed by atoms with Crippen LogP contribution in [0.25, 0.3) is 0 Å². The van der Waals surface area contributed by atoms with E-state index >= 15 is 0 Å². The monoisotopic (exact) mass is 580 g/mol. The van der Waals surface area contributed by atoms with Crippen LogP contribution in [-0.2, 0) is 30.3 Å². The molecular formula is C36H52O6. The van der Waals surface area contributed by atoms with Crippen molar-refractivity contribution in [2.45, 2.75) is 108 Å². The summed E-state index contributed by atoms with van der Waals surface area (Å²) >= 11 is 0. The van der Waals surface area contributed by atoms with E-state index in [2.05, 4.69) is 30.4 Å². The summed E-state index contributed by atoms with van der Waals surface area (Å²) in [5, 5.41) is 10.3. The van der Waals surface area contributed by atoms with E-state index < -0.39 is 0 Å². The summed E-state index contributed by atoms with van der Waals surface area (Å²) in [5.41, 5.74) is 2.52. The molecule has 5 aliphatic rings. The van der Waals surface area contributed by atoms with Crippen LogP contribution >= 0.6 is 0 Å². The molecule has 0 spiro atoms. The van der Waals surface area contributed by atoms with Crippen molar-refractivity contribution in [1.29, 1.82) is 0 Å². The van der Waals surface area contributed by atoms with Crippen LogP contribution in [0.2, 0.25) is 0 Å². The second-order valence-corrected chi connectivity index (χ2v) is 13.3. The number of ether oxygens (including phenoxy) is 5. The van der Waals surface area contributed by atoms with Gasteiger partial charge in [0.2, 0.25) is 0 Å². The van der Waals surface area contributed by atoms with Gasteiger partial charge >= 0.3 is 0 Å². The summed E-state index contributed by atoms with van der Waals surface area (Å²) < 4.78 is 31.5. The van der Waals surface area contributed by atoms with E-state index in [0.29, 0.717) is 31.0 Å². The Balaban J connectivity index is 1.16. The molecule has 1 aromatic rings. The molecule has 42 heavy (non-hydrogen) atoms. The van der Waals surface area contributed by atoms with Gasteiger partial charge in [0.15, 0.2) is 12.6 Å². The number of benzene rings is 1. The third-order valence-corrected chi connectivity index (χ3v) is 10.3. The predicted molar refractivity (Wildman–Crippen MR) is 162 cm³/mol. The van der Waals surface area contributed by atoms with Crippen LogP contribution in [0.3, 0.4) is 0 Å². The first-order valence-electron chi connectivity index (χ1n) is 16.9. The molecule has 2 aliphatic heterocycles. The Hall–Kier alpha value is -1.54. The molecule has 2 heterocycles. The van der Waals surface area contributed by atoms with Crippen molar-refractivity contribution in [3.05, 3.63) is 59.7 Å². The zero-order valence-electron chi connectivity index (χ0n) is 25.3. The molecule has 0 aromatic heterocycles. The fraction of sp³-hybridized carbons (Fsp3) is 0.722. The summed E-state index contributed by atoms with van der Waals surface area (Å²) in [6.45, 7) is 2.86. The van der Waals surface area contributed by atoms with E-state index in [9.17, 15) is 5.11 Å². The van der Waals surface area contributed by atoms with Gasteiger partial charge in [0.1, 0.15) is 0 Å². The van der Waals surface area contributed by atoms with Crippen molar-refractivity contribution >= 4 is 0 Å². The van der Waals surface area contributed by atoms with E-state index in [1.807, 2.05) is 18.2 Å². The standard InChI is InChI=1S/C36H52O6/c37-23-30(25-38-24-26-10-2-1-3-11-26)28-20-29-22-34(42-36-15-7-9-19-40-36)31(32(29)21-28)16-17-33(27-12-4-5-13-27)41-35-14-6-8-18-39-35/h1-3,10-11,16-17,21,27,29-37H,4-9,12-15,18-20,22-25H2/b17-16+/t29-,30?,31+,32-,33+,34+,35?,36?/m0/s1. The molecule has 3 aliphatic carbocycles. The molecule has 1 aromatic carbocycles. The van der Waals surface area contributed by atoms with E-state index in [-0.39, 0.29) is 43.2 Å². The van der Waals surface area contributed by atoms with Crippen LogP contribution in [0.15, 0.2) is 54.1 Å². The Morgan fingerprint density at radius 3 is 2.36 bits per heavy atom. The maximum absolute atomic E-state index is 10.3. The van der Waals surface area contributed by atoms with Gasteiger partial charge in [-0.25, -0.2) is 0 Å². The van der Waals surface area contributed by atoms with E-state index in [1.54, 1.807) is 0 Å². The second kappa shape index (κ2) is 15.5. The molecule has 6 rings (SSSR count). The van der Waals surface area contributed by atoms with Crippen molar-refractivity contribution in [1.82, 2.24) is 0 Å². The molecular weight excluding hydrogens is 528 g/mol. The lowest BCUT2D eigenvalue weighted by Gasteiger charge is -2.31. The Labute approximate surface area is 252 Å². The van der Waals surface area contributed by atoms with Gasteiger partial charge in [-0.2, -0.15) is 0 Å². The normalized spacial score (nSPS) is 33.6. The lowest BCUT2D eigenvalue weighted by molar-refractivity contribution is -0.193. The molecule has 0 radical (unpaired) electrons. The molecule has 0 amide bonds. The first-order chi connectivity index (χ1) is 20.8. The summed E-state index contributed by atoms with van der Waals surface area (Å²) in [7, 11) is 0. The summed E-state index contributed by atoms with van der Waals surface area (Å²) in [4.78, 5) is 0. The number of hydrogen-bond acceptors (Lipinski definition) is 6. The number of fused-ring (bicyclic) bond motifs is 1. The summed E-state index contributed by atoms with van der Waals surface area (Å²) in [6, 6.07) is 10.3. The third-order valence-electron chi connectivity index (χ3n) is 10.3. The largest absolute Gasteiger partial charge is 0.396 e. The molecule has 6 nitrogen and oxygen atoms in total. The van der Waals surface area contributed by atoms with Gasteiger partial charge in [-0.3, -0.25) is 0 Å². The molecule has 232 valence electrons. The first-order valence-corrected chi connectivity index (χ1v) is 16.9. The van der Waals surface area contributed by atoms with Crippen molar-refractivity contribution in [2.75, 3.05) is 26.4 Å². The summed E-state index contributed by atoms with van der Waals surface area (Å²) in [6.07, 6.45) is 21.1.